The number of aromatic amines is 2. The lowest BCUT2D eigenvalue weighted by atomic mass is 10.2. The van der Waals surface area contributed by atoms with Crippen molar-refractivity contribution in [2.75, 3.05) is 33.4 Å². The third-order valence-corrected chi connectivity index (χ3v) is 6.78. The summed E-state index contributed by atoms with van der Waals surface area (Å²) < 4.78 is 57.7. The fourth-order valence-electron chi connectivity index (χ4n) is 4.84. The number of aromatic nitrogens is 6. The second kappa shape index (κ2) is 8.89. The van der Waals surface area contributed by atoms with Crippen molar-refractivity contribution in [3.8, 4) is 11.3 Å². The minimum atomic E-state index is -2.55. The van der Waals surface area contributed by atoms with Crippen molar-refractivity contribution in [1.82, 2.24) is 34.0 Å². The van der Waals surface area contributed by atoms with Crippen molar-refractivity contribution in [2.24, 2.45) is 9.98 Å². The Kier molecular flexibility index (Phi) is 5.38. The molecule has 0 saturated carbocycles. The molecule has 10 nitrogen and oxygen atoms in total. The molecule has 2 saturated heterocycles. The Labute approximate surface area is 204 Å². The molecule has 2 atom stereocenters. The van der Waals surface area contributed by atoms with E-state index in [1.54, 1.807) is 32.2 Å². The Morgan fingerprint density at radius 3 is 2.81 bits per heavy atom. The van der Waals surface area contributed by atoms with Crippen molar-refractivity contribution in [2.45, 2.75) is 38.1 Å². The predicted molar refractivity (Wildman–Crippen MR) is 125 cm³/mol. The summed E-state index contributed by atoms with van der Waals surface area (Å²) in [6.07, 6.45) is -3.56. The van der Waals surface area contributed by atoms with Crippen LogP contribution in [-0.2, 0) is 11.3 Å². The lowest BCUT2D eigenvalue weighted by molar-refractivity contribution is -0.0586. The van der Waals surface area contributed by atoms with Crippen molar-refractivity contribution in [1.29, 1.82) is 0 Å². The number of imidazole rings is 1. The van der Waals surface area contributed by atoms with E-state index in [0.717, 1.165) is 0 Å². The third kappa shape index (κ3) is 3.91. The van der Waals surface area contributed by atoms with Crippen LogP contribution in [-0.4, -0.2) is 92.1 Å². The van der Waals surface area contributed by atoms with Crippen LogP contribution in [0, 0.1) is 6.92 Å². The van der Waals surface area contributed by atoms with Crippen LogP contribution in [0.1, 0.15) is 7.20 Å². The Morgan fingerprint density at radius 2 is 2.08 bits per heavy atom. The molecule has 36 heavy (non-hydrogen) atoms. The van der Waals surface area contributed by atoms with Gasteiger partial charge in [0.25, 0.3) is 6.43 Å². The van der Waals surface area contributed by atoms with Crippen LogP contribution in [0.5, 0.6) is 0 Å². The minimum absolute atomic E-state index is 0.107. The lowest BCUT2D eigenvalue weighted by Gasteiger charge is -2.34. The number of likely N-dealkylation sites (tertiary alicyclic amines) is 1. The third-order valence-electron chi connectivity index (χ3n) is 6.78. The number of nitrogens with zero attached hydrogens (tertiary/aromatic N) is 7. The van der Waals surface area contributed by atoms with E-state index >= 15 is 0 Å². The molecule has 2 fully saturated rings. The maximum Gasteiger partial charge on any atom is 0.256 e. The monoisotopic (exact) mass is 502 g/mol. The van der Waals surface area contributed by atoms with Gasteiger partial charge in [-0.25, -0.2) is 28.1 Å². The molecule has 2 aliphatic heterocycles. The standard InChI is InChI=1S/C23H26F3N9O/c1-12-28-17-4-3-16(29-22(17)34(12)9-19(25)26)14-5-6-35-20(14)21(27-2)31-23(32-35)30-18-8-33(7-15(18)24)13-10-36-11-13/h3-6,13,15,18-19H,7-11H2,1-2H3,(H2,27,30,31,32)/t15-,18+/m0/s1/i6D. The highest BCUT2D eigenvalue weighted by Gasteiger charge is 2.38. The molecule has 4 aromatic heterocycles. The topological polar surface area (TPSA) is 104 Å². The van der Waals surface area contributed by atoms with Gasteiger partial charge in [-0.2, -0.15) is 0 Å². The number of H-pyrrole nitrogens is 2. The number of fused-ring (bicyclic) bond motifs is 2. The summed E-state index contributed by atoms with van der Waals surface area (Å²) in [5.41, 5.74) is 3.15. The molecule has 0 aliphatic carbocycles. The van der Waals surface area contributed by atoms with Crippen molar-refractivity contribution in [3.05, 3.63) is 41.3 Å². The summed E-state index contributed by atoms with van der Waals surface area (Å²) in [7, 11) is 1.60. The molecular weight excluding hydrogens is 475 g/mol. The van der Waals surface area contributed by atoms with Gasteiger partial charge in [-0.1, -0.05) is 0 Å². The van der Waals surface area contributed by atoms with E-state index in [0.29, 0.717) is 65.6 Å². The highest BCUT2D eigenvalue weighted by Crippen LogP contribution is 2.25. The van der Waals surface area contributed by atoms with E-state index in [1.165, 1.54) is 9.08 Å². The Bertz CT molecular complexity index is 1620. The number of alkyl halides is 3. The minimum Gasteiger partial charge on any atom is -0.378 e. The molecular formula is C23H26F3N9O. The summed E-state index contributed by atoms with van der Waals surface area (Å²) in [6, 6.07) is 4.73. The highest BCUT2D eigenvalue weighted by atomic mass is 19.3. The molecule has 190 valence electrons. The molecule has 2 N–H and O–H groups in total. The van der Waals surface area contributed by atoms with Crippen molar-refractivity contribution < 1.29 is 19.3 Å². The first kappa shape index (κ1) is 21.8. The first-order valence-corrected chi connectivity index (χ1v) is 11.7. The maximum absolute atomic E-state index is 14.8. The summed E-state index contributed by atoms with van der Waals surface area (Å²) in [6.45, 7) is 3.16. The van der Waals surface area contributed by atoms with Crippen LogP contribution < -0.4 is 11.1 Å². The zero-order valence-electron chi connectivity index (χ0n) is 20.7. The van der Waals surface area contributed by atoms with Crippen LogP contribution in [0.25, 0.3) is 27.9 Å². The van der Waals surface area contributed by atoms with Crippen molar-refractivity contribution in [3.63, 3.8) is 0 Å². The molecule has 0 spiro atoms. The molecule has 2 aliphatic rings. The Hall–Kier alpha value is -3.45. The molecule has 0 unspecified atom stereocenters. The van der Waals surface area contributed by atoms with Gasteiger partial charge in [0.1, 0.15) is 23.0 Å². The molecule has 6 rings (SSSR count). The van der Waals surface area contributed by atoms with Gasteiger partial charge in [0, 0.05) is 31.9 Å². The van der Waals surface area contributed by atoms with E-state index in [4.69, 9.17) is 6.11 Å². The van der Waals surface area contributed by atoms with Crippen LogP contribution in [0.4, 0.5) is 13.2 Å². The van der Waals surface area contributed by atoms with E-state index in [9.17, 15) is 13.2 Å². The average molecular weight is 503 g/mol. The van der Waals surface area contributed by atoms with Crippen LogP contribution in [0.2, 0.25) is 0 Å². The zero-order valence-corrected chi connectivity index (χ0v) is 19.7. The van der Waals surface area contributed by atoms with E-state index < -0.39 is 25.2 Å². The molecule has 0 radical (unpaired) electrons. The second-order valence-corrected chi connectivity index (χ2v) is 9.09. The zero-order chi connectivity index (χ0) is 25.8. The molecule has 13 heteroatoms. The SMILES string of the molecule is [2H]c1cc(-c2ccc3nc(C)n(CC(F)F)c3n2)c2c(=NC)[nH]c(=N[C@@H]3CN(C4COC4)C[C@@H]3F)[nH]n12. The van der Waals surface area contributed by atoms with Gasteiger partial charge >= 0.3 is 0 Å². The quantitative estimate of drug-likeness (QED) is 0.431. The van der Waals surface area contributed by atoms with E-state index in [1.807, 2.05) is 0 Å². The number of hydrogen-bond donors (Lipinski definition) is 2. The van der Waals surface area contributed by atoms with Crippen LogP contribution in [0.3, 0.4) is 0 Å². The van der Waals surface area contributed by atoms with Gasteiger partial charge in [0.2, 0.25) is 5.62 Å². The smallest absolute Gasteiger partial charge is 0.256 e. The average Bonchev–Trinajstić information content (AvgIpc) is 3.45. The molecule has 4 aromatic rings. The van der Waals surface area contributed by atoms with Crippen molar-refractivity contribution >= 4 is 16.7 Å². The predicted octanol–water partition coefficient (Wildman–Crippen LogP) is 1.43. The molecule has 0 aromatic carbocycles. The number of aryl methyl sites for hydroxylation is 1. The molecule has 0 bridgehead atoms. The summed E-state index contributed by atoms with van der Waals surface area (Å²) in [5.74, 6) is 0.446. The summed E-state index contributed by atoms with van der Waals surface area (Å²) in [5, 5.41) is 3.05. The number of pyridine rings is 1. The number of halogens is 3. The van der Waals surface area contributed by atoms with Crippen LogP contribution >= 0.6 is 0 Å². The van der Waals surface area contributed by atoms with E-state index in [-0.39, 0.29) is 17.8 Å². The lowest BCUT2D eigenvalue weighted by Crippen LogP contribution is -2.48. The Morgan fingerprint density at radius 1 is 1.25 bits per heavy atom. The van der Waals surface area contributed by atoms with E-state index in [2.05, 4.69) is 34.9 Å². The number of ether oxygens (including phenoxy) is 1. The van der Waals surface area contributed by atoms with Gasteiger partial charge < -0.3 is 14.3 Å². The molecule has 0 amide bonds. The molecule has 6 heterocycles. The second-order valence-electron chi connectivity index (χ2n) is 9.09. The summed E-state index contributed by atoms with van der Waals surface area (Å²) >= 11 is 0. The van der Waals surface area contributed by atoms with Gasteiger partial charge in [0.05, 0.1) is 38.9 Å². The Balaban J connectivity index is 1.43. The highest BCUT2D eigenvalue weighted by molar-refractivity contribution is 5.82. The largest absolute Gasteiger partial charge is 0.378 e. The van der Waals surface area contributed by atoms with Gasteiger partial charge in [-0.15, -0.1) is 0 Å². The van der Waals surface area contributed by atoms with Crippen LogP contribution in [0.15, 0.2) is 34.4 Å². The maximum atomic E-state index is 14.8. The van der Waals surface area contributed by atoms with Gasteiger partial charge in [-0.3, -0.25) is 19.5 Å². The first-order valence-electron chi connectivity index (χ1n) is 12.2. The fourth-order valence-corrected chi connectivity index (χ4v) is 4.84. The van der Waals surface area contributed by atoms with Gasteiger partial charge in [0.15, 0.2) is 11.1 Å². The number of rotatable bonds is 5. The fraction of sp³-hybridized carbons (Fsp3) is 0.478. The number of nitrogens with one attached hydrogen (secondary N) is 2. The normalized spacial score (nSPS) is 22.9. The number of hydrogen-bond acceptors (Lipinski definition) is 6. The first-order chi connectivity index (χ1) is 17.8. The summed E-state index contributed by atoms with van der Waals surface area (Å²) in [4.78, 5) is 23.0. The van der Waals surface area contributed by atoms with Gasteiger partial charge in [-0.05, 0) is 25.1 Å².